The highest BCUT2D eigenvalue weighted by atomic mass is 32.1. The van der Waals surface area contributed by atoms with Crippen molar-refractivity contribution in [1.82, 2.24) is 19.7 Å². The SMILES string of the molecule is Cc1ccc(-c2n[nH]c(=S)n2CC(=O)N(CCC#N)Cc2ccco2)cc1. The fourth-order valence-corrected chi connectivity index (χ4v) is 2.89. The van der Waals surface area contributed by atoms with Gasteiger partial charge in [-0.15, -0.1) is 0 Å². The molecule has 0 spiro atoms. The standard InChI is InChI=1S/C19H19N5O2S/c1-14-5-7-15(8-6-14)18-21-22-19(27)24(18)13-17(25)23(10-3-9-20)12-16-4-2-11-26-16/h2,4-8,11H,3,10,12-13H2,1H3,(H,22,27). The van der Waals surface area contributed by atoms with Gasteiger partial charge in [0.2, 0.25) is 5.91 Å². The van der Waals surface area contributed by atoms with Crippen LogP contribution in [0.15, 0.2) is 47.1 Å². The van der Waals surface area contributed by atoms with Crippen LogP contribution in [0.3, 0.4) is 0 Å². The van der Waals surface area contributed by atoms with E-state index in [1.165, 1.54) is 0 Å². The third-order valence-corrected chi connectivity index (χ3v) is 4.45. The Bertz CT molecular complexity index is 996. The quantitative estimate of drug-likeness (QED) is 0.633. The lowest BCUT2D eigenvalue weighted by Gasteiger charge is -2.21. The number of amides is 1. The number of nitrogens with one attached hydrogen (secondary N) is 1. The highest BCUT2D eigenvalue weighted by Crippen LogP contribution is 2.18. The Kier molecular flexibility index (Phi) is 5.84. The molecule has 27 heavy (non-hydrogen) atoms. The minimum absolute atomic E-state index is 0.0324. The zero-order valence-corrected chi connectivity index (χ0v) is 15.7. The van der Waals surface area contributed by atoms with Crippen molar-refractivity contribution in [3.05, 3.63) is 58.8 Å². The van der Waals surface area contributed by atoms with Crippen LogP contribution in [0.1, 0.15) is 17.7 Å². The predicted octanol–water partition coefficient (Wildman–Crippen LogP) is 3.45. The second kappa shape index (κ2) is 8.47. The van der Waals surface area contributed by atoms with Gasteiger partial charge in [0.1, 0.15) is 12.3 Å². The molecule has 0 fully saturated rings. The first kappa shape index (κ1) is 18.6. The first-order chi connectivity index (χ1) is 13.1. The number of carbonyl (C=O) groups excluding carboxylic acids is 1. The second-order valence-electron chi connectivity index (χ2n) is 6.11. The maximum absolute atomic E-state index is 12.9. The van der Waals surface area contributed by atoms with E-state index in [1.54, 1.807) is 27.9 Å². The molecular weight excluding hydrogens is 362 g/mol. The normalized spacial score (nSPS) is 10.5. The van der Waals surface area contributed by atoms with Gasteiger partial charge in [-0.2, -0.15) is 10.4 Å². The van der Waals surface area contributed by atoms with Crippen LogP contribution < -0.4 is 0 Å². The summed E-state index contributed by atoms with van der Waals surface area (Å²) < 4.78 is 7.38. The van der Waals surface area contributed by atoms with Crippen molar-refractivity contribution in [2.75, 3.05) is 6.54 Å². The molecule has 0 aliphatic heterocycles. The van der Waals surface area contributed by atoms with Crippen molar-refractivity contribution in [2.24, 2.45) is 0 Å². The van der Waals surface area contributed by atoms with Gasteiger partial charge in [-0.1, -0.05) is 29.8 Å². The van der Waals surface area contributed by atoms with Crippen LogP contribution >= 0.6 is 12.2 Å². The second-order valence-corrected chi connectivity index (χ2v) is 6.49. The topological polar surface area (TPSA) is 90.9 Å². The first-order valence-electron chi connectivity index (χ1n) is 8.48. The average Bonchev–Trinajstić information content (AvgIpc) is 3.30. The number of nitriles is 1. The van der Waals surface area contributed by atoms with Crippen LogP contribution in [-0.4, -0.2) is 32.1 Å². The monoisotopic (exact) mass is 381 g/mol. The Morgan fingerprint density at radius 3 is 2.81 bits per heavy atom. The molecule has 1 amide bonds. The summed E-state index contributed by atoms with van der Waals surface area (Å²) in [4.78, 5) is 14.5. The number of H-pyrrole nitrogens is 1. The lowest BCUT2D eigenvalue weighted by Crippen LogP contribution is -2.34. The predicted molar refractivity (Wildman–Crippen MR) is 102 cm³/mol. The van der Waals surface area contributed by atoms with Crippen molar-refractivity contribution < 1.29 is 9.21 Å². The van der Waals surface area contributed by atoms with Gasteiger partial charge >= 0.3 is 0 Å². The van der Waals surface area contributed by atoms with Crippen molar-refractivity contribution in [3.8, 4) is 17.5 Å². The van der Waals surface area contributed by atoms with Gasteiger partial charge < -0.3 is 9.32 Å². The van der Waals surface area contributed by atoms with Gasteiger partial charge in [0, 0.05) is 12.1 Å². The van der Waals surface area contributed by atoms with Gasteiger partial charge in [0.15, 0.2) is 10.6 Å². The molecule has 7 nitrogen and oxygen atoms in total. The Morgan fingerprint density at radius 2 is 2.15 bits per heavy atom. The van der Waals surface area contributed by atoms with Gasteiger partial charge in [0.05, 0.1) is 25.3 Å². The number of aromatic amines is 1. The summed E-state index contributed by atoms with van der Waals surface area (Å²) in [5.41, 5.74) is 2.01. The zero-order chi connectivity index (χ0) is 19.2. The summed E-state index contributed by atoms with van der Waals surface area (Å²) >= 11 is 5.31. The molecule has 0 saturated heterocycles. The highest BCUT2D eigenvalue weighted by molar-refractivity contribution is 7.71. The minimum Gasteiger partial charge on any atom is -0.467 e. The van der Waals surface area contributed by atoms with E-state index in [-0.39, 0.29) is 18.9 Å². The fourth-order valence-electron chi connectivity index (χ4n) is 2.69. The van der Waals surface area contributed by atoms with Crippen molar-refractivity contribution >= 4 is 18.1 Å². The van der Waals surface area contributed by atoms with Crippen molar-refractivity contribution in [3.63, 3.8) is 0 Å². The van der Waals surface area contributed by atoms with Crippen LogP contribution in [0.2, 0.25) is 0 Å². The highest BCUT2D eigenvalue weighted by Gasteiger charge is 2.19. The zero-order valence-electron chi connectivity index (χ0n) is 14.9. The number of nitrogens with zero attached hydrogens (tertiary/aromatic N) is 4. The minimum atomic E-state index is -0.160. The molecule has 1 N–H and O–H groups in total. The molecule has 8 heteroatoms. The molecule has 138 valence electrons. The van der Waals surface area contributed by atoms with Crippen LogP contribution in [0.4, 0.5) is 0 Å². The molecule has 0 unspecified atom stereocenters. The summed E-state index contributed by atoms with van der Waals surface area (Å²) in [7, 11) is 0. The maximum Gasteiger partial charge on any atom is 0.243 e. The molecule has 3 aromatic rings. The molecule has 2 heterocycles. The summed E-state index contributed by atoms with van der Waals surface area (Å²) in [5.74, 6) is 1.11. The smallest absolute Gasteiger partial charge is 0.243 e. The molecule has 0 bridgehead atoms. The third-order valence-electron chi connectivity index (χ3n) is 4.13. The summed E-state index contributed by atoms with van der Waals surface area (Å²) in [6.07, 6.45) is 1.80. The number of rotatable bonds is 7. The lowest BCUT2D eigenvalue weighted by atomic mass is 10.1. The Balaban J connectivity index is 1.83. The molecule has 3 rings (SSSR count). The van der Waals surface area contributed by atoms with E-state index < -0.39 is 0 Å². The Morgan fingerprint density at radius 1 is 1.37 bits per heavy atom. The number of aromatic nitrogens is 3. The Hall–Kier alpha value is -3.18. The van der Waals surface area contributed by atoms with E-state index in [0.717, 1.165) is 11.1 Å². The van der Waals surface area contributed by atoms with E-state index >= 15 is 0 Å². The molecule has 0 aliphatic carbocycles. The Labute approximate surface area is 161 Å². The van der Waals surface area contributed by atoms with Crippen LogP contribution in [0.5, 0.6) is 0 Å². The van der Waals surface area contributed by atoms with Gasteiger partial charge in [-0.25, -0.2) is 0 Å². The van der Waals surface area contributed by atoms with Crippen LogP contribution in [0.25, 0.3) is 11.4 Å². The van der Waals surface area contributed by atoms with E-state index in [2.05, 4.69) is 16.3 Å². The molecule has 2 aromatic heterocycles. The van der Waals surface area contributed by atoms with Crippen LogP contribution in [0, 0.1) is 23.0 Å². The number of furan rings is 1. The van der Waals surface area contributed by atoms with E-state index in [4.69, 9.17) is 21.9 Å². The van der Waals surface area contributed by atoms with Crippen LogP contribution in [-0.2, 0) is 17.9 Å². The molecule has 0 aliphatic rings. The van der Waals surface area contributed by atoms with Crippen molar-refractivity contribution in [2.45, 2.75) is 26.4 Å². The lowest BCUT2D eigenvalue weighted by molar-refractivity contribution is -0.132. The van der Waals surface area contributed by atoms with E-state index in [1.807, 2.05) is 31.2 Å². The van der Waals surface area contributed by atoms with Gasteiger partial charge in [-0.05, 0) is 31.3 Å². The summed E-state index contributed by atoms with van der Waals surface area (Å²) in [6.45, 7) is 2.66. The summed E-state index contributed by atoms with van der Waals surface area (Å²) in [5, 5.41) is 15.9. The largest absolute Gasteiger partial charge is 0.467 e. The number of hydrogen-bond acceptors (Lipinski definition) is 5. The number of hydrogen-bond donors (Lipinski definition) is 1. The molecule has 1 aromatic carbocycles. The molecule has 0 saturated carbocycles. The number of carbonyl (C=O) groups is 1. The van der Waals surface area contributed by atoms with E-state index in [9.17, 15) is 4.79 Å². The molecule has 0 atom stereocenters. The maximum atomic E-state index is 12.9. The van der Waals surface area contributed by atoms with E-state index in [0.29, 0.717) is 29.4 Å². The van der Waals surface area contributed by atoms with Crippen molar-refractivity contribution in [1.29, 1.82) is 5.26 Å². The first-order valence-corrected chi connectivity index (χ1v) is 8.88. The summed E-state index contributed by atoms with van der Waals surface area (Å²) in [6, 6.07) is 13.5. The number of benzene rings is 1. The van der Waals surface area contributed by atoms with Gasteiger partial charge in [0.25, 0.3) is 0 Å². The fraction of sp³-hybridized carbons (Fsp3) is 0.263. The van der Waals surface area contributed by atoms with Gasteiger partial charge in [-0.3, -0.25) is 14.5 Å². The third kappa shape index (κ3) is 4.51. The molecule has 0 radical (unpaired) electrons. The number of aryl methyl sites for hydroxylation is 1. The molecular formula is C19H19N5O2S. The average molecular weight is 381 g/mol.